The highest BCUT2D eigenvalue weighted by molar-refractivity contribution is 7.09. The lowest BCUT2D eigenvalue weighted by Gasteiger charge is -2.25. The minimum absolute atomic E-state index is 0.277. The normalized spacial score (nSPS) is 12.6. The molecule has 0 saturated heterocycles. The molecule has 0 saturated carbocycles. The molecule has 1 atom stereocenters. The van der Waals surface area contributed by atoms with Gasteiger partial charge in [-0.2, -0.15) is 0 Å². The zero-order valence-corrected chi connectivity index (χ0v) is 13.8. The topological polar surface area (TPSA) is 53.4 Å². The van der Waals surface area contributed by atoms with Crippen molar-refractivity contribution in [3.05, 3.63) is 49.9 Å². The van der Waals surface area contributed by atoms with E-state index in [9.17, 15) is 9.90 Å². The first-order valence-electron chi connectivity index (χ1n) is 6.17. The van der Waals surface area contributed by atoms with Crippen molar-refractivity contribution in [2.45, 2.75) is 19.5 Å². The quantitative estimate of drug-likeness (QED) is 0.889. The van der Waals surface area contributed by atoms with Crippen molar-refractivity contribution in [3.8, 4) is 0 Å². The number of hydrogen-bond donors (Lipinski definition) is 1. The second kappa shape index (κ2) is 6.75. The van der Waals surface area contributed by atoms with Crippen LogP contribution >= 0.6 is 34.5 Å². The molecule has 1 N–H and O–H groups in total. The molecule has 0 aliphatic carbocycles. The van der Waals surface area contributed by atoms with Crippen LogP contribution in [0, 0.1) is 6.92 Å². The van der Waals surface area contributed by atoms with Crippen molar-refractivity contribution in [1.82, 2.24) is 9.88 Å². The van der Waals surface area contributed by atoms with E-state index >= 15 is 0 Å². The number of likely N-dealkylation sites (N-methyl/N-ethyl adjacent to an activating group) is 1. The fourth-order valence-corrected chi connectivity index (χ4v) is 3.34. The molecule has 0 radical (unpaired) electrons. The number of hydrogen-bond acceptors (Lipinski definition) is 4. The van der Waals surface area contributed by atoms with E-state index in [0.29, 0.717) is 17.1 Å². The number of halogens is 2. The number of aromatic nitrogens is 1. The van der Waals surface area contributed by atoms with Gasteiger partial charge in [0.1, 0.15) is 6.04 Å². The maximum atomic E-state index is 11.7. The molecular weight excluding hydrogens is 331 g/mol. The third-order valence-electron chi connectivity index (χ3n) is 3.19. The minimum Gasteiger partial charge on any atom is -0.480 e. The molecular formula is C14H14Cl2N2O2S. The Labute approximate surface area is 136 Å². The van der Waals surface area contributed by atoms with Crippen LogP contribution in [0.5, 0.6) is 0 Å². The maximum absolute atomic E-state index is 11.7. The number of carboxylic acids is 1. The molecule has 2 aromatic rings. The van der Waals surface area contributed by atoms with E-state index in [1.54, 1.807) is 35.7 Å². The van der Waals surface area contributed by atoms with Crippen LogP contribution in [0.4, 0.5) is 0 Å². The van der Waals surface area contributed by atoms with Gasteiger partial charge in [-0.05, 0) is 20.0 Å². The minimum atomic E-state index is -0.969. The summed E-state index contributed by atoms with van der Waals surface area (Å²) in [6, 6.07) is 4.16. The van der Waals surface area contributed by atoms with Gasteiger partial charge in [0.15, 0.2) is 0 Å². The molecule has 1 aromatic carbocycles. The van der Waals surface area contributed by atoms with Crippen LogP contribution in [0.1, 0.15) is 22.2 Å². The third kappa shape index (κ3) is 3.55. The van der Waals surface area contributed by atoms with Gasteiger partial charge in [-0.15, -0.1) is 11.3 Å². The monoisotopic (exact) mass is 344 g/mol. The summed E-state index contributed by atoms with van der Waals surface area (Å²) in [5, 5.41) is 10.2. The van der Waals surface area contributed by atoms with Crippen LogP contribution in [0.2, 0.25) is 10.0 Å². The molecule has 1 unspecified atom stereocenters. The predicted octanol–water partition coefficient (Wildman–Crippen LogP) is 4.02. The standard InChI is InChI=1S/C14H14Cl2N2O2S/c1-8-11(21-7-17-8)6-18(2)13(14(19)20)9-4-3-5-10(15)12(9)16/h3-5,7,13H,6H2,1-2H3,(H,19,20). The van der Waals surface area contributed by atoms with Crippen molar-refractivity contribution in [3.63, 3.8) is 0 Å². The largest absolute Gasteiger partial charge is 0.480 e. The Morgan fingerprint density at radius 2 is 2.19 bits per heavy atom. The number of thiazole rings is 1. The smallest absolute Gasteiger partial charge is 0.325 e. The summed E-state index contributed by atoms with van der Waals surface area (Å²) in [7, 11) is 1.75. The number of aliphatic carboxylic acids is 1. The zero-order valence-electron chi connectivity index (χ0n) is 11.5. The zero-order chi connectivity index (χ0) is 15.6. The van der Waals surface area contributed by atoms with Crippen molar-refractivity contribution >= 4 is 40.5 Å². The van der Waals surface area contributed by atoms with Crippen LogP contribution in [-0.4, -0.2) is 28.0 Å². The van der Waals surface area contributed by atoms with Crippen LogP contribution < -0.4 is 0 Å². The lowest BCUT2D eigenvalue weighted by atomic mass is 10.1. The Kier molecular flexibility index (Phi) is 5.22. The second-order valence-electron chi connectivity index (χ2n) is 4.66. The fourth-order valence-electron chi connectivity index (χ4n) is 2.09. The number of aryl methyl sites for hydroxylation is 1. The van der Waals surface area contributed by atoms with Gasteiger partial charge in [0.2, 0.25) is 0 Å². The first-order valence-corrected chi connectivity index (χ1v) is 7.81. The Morgan fingerprint density at radius 1 is 1.48 bits per heavy atom. The SMILES string of the molecule is Cc1ncsc1CN(C)C(C(=O)O)c1cccc(Cl)c1Cl. The predicted molar refractivity (Wildman–Crippen MR) is 85.2 cm³/mol. The number of benzene rings is 1. The van der Waals surface area contributed by atoms with E-state index in [4.69, 9.17) is 23.2 Å². The summed E-state index contributed by atoms with van der Waals surface area (Å²) in [6.45, 7) is 2.39. The van der Waals surface area contributed by atoms with Crippen molar-refractivity contribution in [1.29, 1.82) is 0 Å². The molecule has 0 amide bonds. The molecule has 2 rings (SSSR count). The average Bonchev–Trinajstić information content (AvgIpc) is 2.80. The number of carboxylic acid groups (broad SMARTS) is 1. The highest BCUT2D eigenvalue weighted by Gasteiger charge is 2.28. The molecule has 21 heavy (non-hydrogen) atoms. The Hall–Kier alpha value is -1.14. The molecule has 1 aromatic heterocycles. The van der Waals surface area contributed by atoms with E-state index in [2.05, 4.69) is 4.98 Å². The van der Waals surface area contributed by atoms with Gasteiger partial charge in [0, 0.05) is 17.0 Å². The molecule has 0 fully saturated rings. The maximum Gasteiger partial charge on any atom is 0.325 e. The molecule has 112 valence electrons. The fraction of sp³-hybridized carbons (Fsp3) is 0.286. The number of carbonyl (C=O) groups is 1. The Balaban J connectivity index is 2.33. The summed E-state index contributed by atoms with van der Waals surface area (Å²) >= 11 is 13.6. The van der Waals surface area contributed by atoms with Crippen LogP contribution in [-0.2, 0) is 11.3 Å². The van der Waals surface area contributed by atoms with Gasteiger partial charge in [-0.25, -0.2) is 4.98 Å². The van der Waals surface area contributed by atoms with Crippen molar-refractivity contribution in [2.24, 2.45) is 0 Å². The number of nitrogens with zero attached hydrogens (tertiary/aromatic N) is 2. The lowest BCUT2D eigenvalue weighted by Crippen LogP contribution is -2.30. The Bertz CT molecular complexity index is 660. The summed E-state index contributed by atoms with van der Waals surface area (Å²) < 4.78 is 0. The highest BCUT2D eigenvalue weighted by atomic mass is 35.5. The molecule has 0 spiro atoms. The summed E-state index contributed by atoms with van der Waals surface area (Å²) in [5.74, 6) is -0.969. The Morgan fingerprint density at radius 3 is 2.76 bits per heavy atom. The van der Waals surface area contributed by atoms with Gasteiger partial charge < -0.3 is 5.11 Å². The van der Waals surface area contributed by atoms with Crippen molar-refractivity contribution in [2.75, 3.05) is 7.05 Å². The van der Waals surface area contributed by atoms with Crippen LogP contribution in [0.25, 0.3) is 0 Å². The highest BCUT2D eigenvalue weighted by Crippen LogP contribution is 2.33. The average molecular weight is 345 g/mol. The summed E-state index contributed by atoms with van der Waals surface area (Å²) in [6.07, 6.45) is 0. The van der Waals surface area contributed by atoms with Gasteiger partial charge in [-0.3, -0.25) is 9.69 Å². The lowest BCUT2D eigenvalue weighted by molar-refractivity contribution is -0.143. The van der Waals surface area contributed by atoms with E-state index in [0.717, 1.165) is 10.6 Å². The van der Waals surface area contributed by atoms with Gasteiger partial charge >= 0.3 is 5.97 Å². The number of rotatable bonds is 5. The van der Waals surface area contributed by atoms with Gasteiger partial charge in [0.05, 0.1) is 21.2 Å². The van der Waals surface area contributed by atoms with E-state index in [1.807, 2.05) is 6.92 Å². The second-order valence-corrected chi connectivity index (χ2v) is 6.38. The first-order chi connectivity index (χ1) is 9.91. The molecule has 7 heteroatoms. The van der Waals surface area contributed by atoms with E-state index in [1.165, 1.54) is 11.3 Å². The molecule has 0 aliphatic rings. The summed E-state index contributed by atoms with van der Waals surface area (Å²) in [5.41, 5.74) is 3.15. The molecule has 1 heterocycles. The summed E-state index contributed by atoms with van der Waals surface area (Å²) in [4.78, 5) is 18.6. The van der Waals surface area contributed by atoms with E-state index < -0.39 is 12.0 Å². The molecule has 0 bridgehead atoms. The van der Waals surface area contributed by atoms with Gasteiger partial charge in [0.25, 0.3) is 0 Å². The van der Waals surface area contributed by atoms with Crippen LogP contribution in [0.15, 0.2) is 23.7 Å². The first kappa shape index (κ1) is 16.2. The van der Waals surface area contributed by atoms with Crippen molar-refractivity contribution < 1.29 is 9.90 Å². The molecule has 0 aliphatic heterocycles. The third-order valence-corrected chi connectivity index (χ3v) is 4.94. The molecule has 4 nitrogen and oxygen atoms in total. The van der Waals surface area contributed by atoms with E-state index in [-0.39, 0.29) is 5.02 Å². The van der Waals surface area contributed by atoms with Crippen LogP contribution in [0.3, 0.4) is 0 Å². The van der Waals surface area contributed by atoms with Gasteiger partial charge in [-0.1, -0.05) is 35.3 Å².